The maximum Gasteiger partial charge on any atom is 0.336 e. The van der Waals surface area contributed by atoms with Gasteiger partial charge in [-0.05, 0) is 89.8 Å². The van der Waals surface area contributed by atoms with Gasteiger partial charge in [-0.3, -0.25) is 0 Å². The van der Waals surface area contributed by atoms with Crippen LogP contribution in [0.2, 0.25) is 0 Å². The summed E-state index contributed by atoms with van der Waals surface area (Å²) in [7, 11) is 0. The predicted octanol–water partition coefficient (Wildman–Crippen LogP) is 9.95. The van der Waals surface area contributed by atoms with Gasteiger partial charge in [-0.25, -0.2) is 9.59 Å². The van der Waals surface area contributed by atoms with E-state index in [9.17, 15) is 9.59 Å². The van der Waals surface area contributed by atoms with Gasteiger partial charge in [0.15, 0.2) is 23.0 Å². The van der Waals surface area contributed by atoms with Gasteiger partial charge in [-0.1, -0.05) is 61.7 Å². The van der Waals surface area contributed by atoms with E-state index in [-0.39, 0.29) is 11.1 Å². The normalized spacial score (nSPS) is 13.3. The van der Waals surface area contributed by atoms with Crippen molar-refractivity contribution in [2.24, 2.45) is 0 Å². The summed E-state index contributed by atoms with van der Waals surface area (Å²) in [4.78, 5) is 25.0. The van der Waals surface area contributed by atoms with E-state index in [0.717, 1.165) is 33.4 Å². The number of hydrogen-bond acceptors (Lipinski definition) is 10. The van der Waals surface area contributed by atoms with Crippen LogP contribution in [0.1, 0.15) is 88.8 Å². The van der Waals surface area contributed by atoms with Gasteiger partial charge in [-0.15, -0.1) is 0 Å². The molecule has 1 aliphatic rings. The van der Waals surface area contributed by atoms with Crippen LogP contribution < -0.4 is 28.4 Å². The van der Waals surface area contributed by atoms with Crippen LogP contribution in [0.25, 0.3) is 11.1 Å². The summed E-state index contributed by atoms with van der Waals surface area (Å²) in [5.74, 6) is 1.58. The summed E-state index contributed by atoms with van der Waals surface area (Å²) in [5.41, 5.74) is 6.25. The second kappa shape index (κ2) is 17.9. The summed E-state index contributed by atoms with van der Waals surface area (Å²) in [6.07, 6.45) is -1.94. The number of rotatable bonds is 18. The van der Waals surface area contributed by atoms with Gasteiger partial charge in [-0.2, -0.15) is 0 Å². The van der Waals surface area contributed by atoms with E-state index in [1.54, 1.807) is 27.7 Å². The third kappa shape index (κ3) is 8.04. The minimum Gasteiger partial charge on any atom is -0.493 e. The predicted molar refractivity (Wildman–Crippen MR) is 220 cm³/mol. The van der Waals surface area contributed by atoms with Gasteiger partial charge in [0.1, 0.15) is 11.5 Å². The molecule has 0 bridgehead atoms. The van der Waals surface area contributed by atoms with Crippen molar-refractivity contribution in [1.82, 2.24) is 0 Å². The fourth-order valence-corrected chi connectivity index (χ4v) is 7.38. The number of ether oxygens (including phenoxy) is 8. The van der Waals surface area contributed by atoms with Gasteiger partial charge in [0.25, 0.3) is 0 Å². The molecular weight excluding hydrogens is 725 g/mol. The van der Waals surface area contributed by atoms with Crippen molar-refractivity contribution < 1.29 is 47.5 Å². The first kappa shape index (κ1) is 42.2. The highest BCUT2D eigenvalue weighted by Gasteiger charge is 2.51. The molecule has 2 unspecified atom stereocenters. The molecule has 4 aromatic rings. The Morgan fingerprint density at radius 3 is 1.25 bits per heavy atom. The van der Waals surface area contributed by atoms with Crippen molar-refractivity contribution in [3.8, 4) is 45.6 Å². The largest absolute Gasteiger partial charge is 0.493 e. The molecule has 0 spiro atoms. The number of carbonyl (C=O) groups is 2. The molecule has 0 saturated carbocycles. The third-order valence-corrected chi connectivity index (χ3v) is 9.60. The molecular formula is C47H54O10. The Bertz CT molecular complexity index is 2010. The van der Waals surface area contributed by atoms with Crippen molar-refractivity contribution in [2.45, 2.75) is 87.2 Å². The lowest BCUT2D eigenvalue weighted by molar-refractivity contribution is -0.157. The van der Waals surface area contributed by atoms with Crippen molar-refractivity contribution in [3.05, 3.63) is 118 Å². The summed E-state index contributed by atoms with van der Waals surface area (Å²) in [6.45, 7) is 26.6. The van der Waals surface area contributed by atoms with E-state index in [0.29, 0.717) is 72.1 Å². The van der Waals surface area contributed by atoms with E-state index < -0.39 is 29.9 Å². The van der Waals surface area contributed by atoms with Gasteiger partial charge in [0, 0.05) is 47.2 Å². The molecule has 0 N–H and O–H groups in total. The molecule has 2 atom stereocenters. The third-order valence-electron chi connectivity index (χ3n) is 9.60. The molecule has 0 saturated heterocycles. The van der Waals surface area contributed by atoms with Crippen LogP contribution in [0.15, 0.2) is 85.0 Å². The van der Waals surface area contributed by atoms with Crippen molar-refractivity contribution in [3.63, 3.8) is 0 Å². The van der Waals surface area contributed by atoms with Crippen LogP contribution in [-0.2, 0) is 24.5 Å². The van der Waals surface area contributed by atoms with Crippen LogP contribution in [0.3, 0.4) is 0 Å². The first-order valence-corrected chi connectivity index (χ1v) is 19.4. The number of esters is 2. The molecule has 57 heavy (non-hydrogen) atoms. The highest BCUT2D eigenvalue weighted by molar-refractivity contribution is 5.89. The first-order valence-electron chi connectivity index (χ1n) is 19.4. The Labute approximate surface area is 336 Å². The molecule has 1 aliphatic carbocycles. The Kier molecular flexibility index (Phi) is 13.3. The van der Waals surface area contributed by atoms with Crippen LogP contribution >= 0.6 is 0 Å². The van der Waals surface area contributed by atoms with E-state index in [2.05, 4.69) is 37.4 Å². The maximum absolute atomic E-state index is 12.5. The molecule has 5 rings (SSSR count). The molecule has 0 aliphatic heterocycles. The van der Waals surface area contributed by atoms with Crippen LogP contribution in [-0.4, -0.2) is 50.9 Å². The monoisotopic (exact) mass is 778 g/mol. The molecule has 0 fully saturated rings. The first-order chi connectivity index (χ1) is 27.3. The van der Waals surface area contributed by atoms with Crippen LogP contribution in [0, 0.1) is 13.8 Å². The molecule has 4 aromatic carbocycles. The highest BCUT2D eigenvalue weighted by atomic mass is 16.7. The lowest BCUT2D eigenvalue weighted by atomic mass is 9.66. The summed E-state index contributed by atoms with van der Waals surface area (Å²) in [6, 6.07) is 20.5. The van der Waals surface area contributed by atoms with Crippen molar-refractivity contribution >= 4 is 11.9 Å². The van der Waals surface area contributed by atoms with Gasteiger partial charge in [0.2, 0.25) is 12.6 Å². The van der Waals surface area contributed by atoms with Crippen molar-refractivity contribution in [1.29, 1.82) is 0 Å². The smallest absolute Gasteiger partial charge is 0.336 e. The Balaban J connectivity index is 1.93. The van der Waals surface area contributed by atoms with Crippen LogP contribution in [0.5, 0.6) is 34.5 Å². The lowest BCUT2D eigenvalue weighted by Gasteiger charge is -2.38. The Morgan fingerprint density at radius 1 is 0.561 bits per heavy atom. The fraction of sp³-hybridized carbons (Fsp3) is 0.362. The number of carbonyl (C=O) groups excluding carboxylic acids is 2. The molecule has 10 heteroatoms. The minimum atomic E-state index is -1.09. The number of hydrogen-bond donors (Lipinski definition) is 0. The highest BCUT2D eigenvalue weighted by Crippen LogP contribution is 2.63. The van der Waals surface area contributed by atoms with E-state index in [1.807, 2.05) is 77.9 Å². The summed E-state index contributed by atoms with van der Waals surface area (Å²) < 4.78 is 49.9. The summed E-state index contributed by atoms with van der Waals surface area (Å²) >= 11 is 0. The van der Waals surface area contributed by atoms with Crippen LogP contribution in [0.4, 0.5) is 0 Å². The van der Waals surface area contributed by atoms with Gasteiger partial charge >= 0.3 is 11.9 Å². The van der Waals surface area contributed by atoms with Gasteiger partial charge < -0.3 is 37.9 Å². The quantitative estimate of drug-likeness (QED) is 0.0485. The molecule has 302 valence electrons. The zero-order chi connectivity index (χ0) is 41.6. The number of benzene rings is 4. The molecule has 0 amide bonds. The SMILES string of the molecule is C=C(C)C(=O)OC(C)Oc1c(OCC)cc(C2(c3cc(OCC)c(OC(C)OC(=O)C(=C)C)c(C)c3OCC)c3ccccc3-c3ccccc32)c(OCC)c1C. The number of fused-ring (bicyclic) bond motifs is 3. The Hall–Kier alpha value is -5.90. The second-order valence-electron chi connectivity index (χ2n) is 13.7. The summed E-state index contributed by atoms with van der Waals surface area (Å²) in [5, 5.41) is 0. The Morgan fingerprint density at radius 2 is 0.912 bits per heavy atom. The average Bonchev–Trinajstić information content (AvgIpc) is 3.47. The fourth-order valence-electron chi connectivity index (χ4n) is 7.38. The standard InChI is InChI=1S/C47H54O10/c1-13-50-39-25-37(41(52-15-3)29(9)43(39)54-31(11)56-45(48)27(5)6)47(35-23-19-17-21-33(35)34-22-18-20-24-36(34)47)38-26-40(51-14-2)44(30(10)42(38)53-16-4)55-32(12)57-46(49)28(7)8/h17-26,31-32H,5,7,13-16H2,1-4,6,8-12H3. The van der Waals surface area contributed by atoms with E-state index in [4.69, 9.17) is 37.9 Å². The topological polar surface area (TPSA) is 108 Å². The van der Waals surface area contributed by atoms with Gasteiger partial charge in [0.05, 0.1) is 31.8 Å². The minimum absolute atomic E-state index is 0.253. The zero-order valence-electron chi connectivity index (χ0n) is 34.8. The molecule has 0 radical (unpaired) electrons. The molecule has 10 nitrogen and oxygen atoms in total. The lowest BCUT2D eigenvalue weighted by Crippen LogP contribution is -2.31. The maximum atomic E-state index is 12.5. The molecule has 0 heterocycles. The average molecular weight is 779 g/mol. The molecule has 0 aromatic heterocycles. The van der Waals surface area contributed by atoms with E-state index >= 15 is 0 Å². The zero-order valence-corrected chi connectivity index (χ0v) is 34.8. The van der Waals surface area contributed by atoms with Crippen molar-refractivity contribution in [2.75, 3.05) is 26.4 Å². The van der Waals surface area contributed by atoms with E-state index in [1.165, 1.54) is 0 Å². The second-order valence-corrected chi connectivity index (χ2v) is 13.7.